The van der Waals surface area contributed by atoms with Gasteiger partial charge in [-0.15, -0.1) is 0 Å². The van der Waals surface area contributed by atoms with E-state index >= 15 is 0 Å². The fourth-order valence-electron chi connectivity index (χ4n) is 5.12. The largest absolute Gasteiger partial charge is 0.352 e. The van der Waals surface area contributed by atoms with Gasteiger partial charge in [0.25, 0.3) is 10.0 Å². The fourth-order valence-corrected chi connectivity index (χ4v) is 7.05. The zero-order chi connectivity index (χ0) is 29.6. The van der Waals surface area contributed by atoms with E-state index in [-0.39, 0.29) is 23.4 Å². The summed E-state index contributed by atoms with van der Waals surface area (Å²) in [5.41, 5.74) is 1.64. The fraction of sp³-hybridized carbons (Fsp3) is 0.355. The van der Waals surface area contributed by atoms with E-state index in [1.165, 1.54) is 17.0 Å². The van der Waals surface area contributed by atoms with Gasteiger partial charge in [0.2, 0.25) is 11.8 Å². The number of amides is 2. The molecule has 0 saturated heterocycles. The van der Waals surface area contributed by atoms with Gasteiger partial charge in [-0.05, 0) is 80.3 Å². The van der Waals surface area contributed by atoms with Gasteiger partial charge in [0, 0.05) is 22.6 Å². The molecular weight excluding hydrogens is 581 g/mol. The lowest BCUT2D eigenvalue weighted by molar-refractivity contribution is -0.139. The molecule has 3 aromatic rings. The van der Waals surface area contributed by atoms with E-state index in [0.29, 0.717) is 21.3 Å². The number of aryl methyl sites for hydroxylation is 1. The summed E-state index contributed by atoms with van der Waals surface area (Å²) in [5, 5.41) is 4.05. The minimum atomic E-state index is -4.15. The van der Waals surface area contributed by atoms with Gasteiger partial charge < -0.3 is 10.2 Å². The summed E-state index contributed by atoms with van der Waals surface area (Å²) in [6.45, 7) is 2.98. The third-order valence-corrected chi connectivity index (χ3v) is 9.64. The molecule has 0 spiro atoms. The van der Waals surface area contributed by atoms with Gasteiger partial charge in [0.15, 0.2) is 0 Å². The first-order chi connectivity index (χ1) is 19.6. The molecule has 3 aromatic carbocycles. The maximum atomic E-state index is 14.1. The molecular formula is C31H35Cl2N3O4S. The number of halogens is 2. The van der Waals surface area contributed by atoms with Crippen LogP contribution in [0.25, 0.3) is 0 Å². The first kappa shape index (κ1) is 30.9. The molecule has 7 nitrogen and oxygen atoms in total. The molecule has 0 unspecified atom stereocenters. The summed E-state index contributed by atoms with van der Waals surface area (Å²) in [7, 11) is -4.15. The number of carbonyl (C=O) groups excluding carboxylic acids is 2. The van der Waals surface area contributed by atoms with Crippen LogP contribution in [0.15, 0.2) is 77.7 Å². The lowest BCUT2D eigenvalue weighted by Crippen LogP contribution is -2.53. The molecule has 0 radical (unpaired) electrons. The second kappa shape index (κ2) is 13.7. The Morgan fingerprint density at radius 3 is 2.27 bits per heavy atom. The van der Waals surface area contributed by atoms with Crippen LogP contribution in [0.1, 0.15) is 50.2 Å². The topological polar surface area (TPSA) is 86.8 Å². The predicted molar refractivity (Wildman–Crippen MR) is 164 cm³/mol. The number of rotatable bonds is 10. The van der Waals surface area contributed by atoms with Crippen LogP contribution >= 0.6 is 23.2 Å². The molecule has 10 heteroatoms. The number of nitrogens with one attached hydrogen (secondary N) is 1. The summed E-state index contributed by atoms with van der Waals surface area (Å²) in [5.74, 6) is -0.794. The van der Waals surface area contributed by atoms with E-state index in [0.717, 1.165) is 42.0 Å². The summed E-state index contributed by atoms with van der Waals surface area (Å²) in [6, 6.07) is 19.1. The van der Waals surface area contributed by atoms with Crippen molar-refractivity contribution < 1.29 is 18.0 Å². The minimum Gasteiger partial charge on any atom is -0.352 e. The summed E-state index contributed by atoms with van der Waals surface area (Å²) < 4.78 is 28.9. The van der Waals surface area contributed by atoms with E-state index in [1.54, 1.807) is 68.4 Å². The van der Waals surface area contributed by atoms with Crippen LogP contribution in [0, 0.1) is 6.92 Å². The quantitative estimate of drug-likeness (QED) is 0.287. The van der Waals surface area contributed by atoms with Crippen LogP contribution in [0.2, 0.25) is 10.0 Å². The first-order valence-corrected chi connectivity index (χ1v) is 15.9. The second-order valence-corrected chi connectivity index (χ2v) is 13.2. The third-order valence-electron chi connectivity index (χ3n) is 7.40. The summed E-state index contributed by atoms with van der Waals surface area (Å²) >= 11 is 12.4. The summed E-state index contributed by atoms with van der Waals surface area (Å²) in [4.78, 5) is 29.0. The van der Waals surface area contributed by atoms with E-state index < -0.39 is 28.5 Å². The number of hydrogen-bond donors (Lipinski definition) is 1. The van der Waals surface area contributed by atoms with Crippen molar-refractivity contribution in [3.8, 4) is 0 Å². The molecule has 4 rings (SSSR count). The number of nitrogens with zero attached hydrogens (tertiary/aromatic N) is 2. The molecule has 0 aliphatic heterocycles. The zero-order valence-corrected chi connectivity index (χ0v) is 25.6. The Labute approximate surface area is 252 Å². The maximum Gasteiger partial charge on any atom is 0.264 e. The molecule has 0 bridgehead atoms. The lowest BCUT2D eigenvalue weighted by atomic mass is 9.95. The normalized spacial score (nSPS) is 14.7. The number of benzene rings is 3. The molecule has 1 atom stereocenters. The molecule has 0 aromatic heterocycles. The Bertz CT molecular complexity index is 1480. The zero-order valence-electron chi connectivity index (χ0n) is 23.2. The highest BCUT2D eigenvalue weighted by molar-refractivity contribution is 7.92. The average molecular weight is 617 g/mol. The van der Waals surface area contributed by atoms with E-state index in [4.69, 9.17) is 23.2 Å². The number of carbonyl (C=O) groups is 2. The highest BCUT2D eigenvalue weighted by atomic mass is 35.5. The van der Waals surface area contributed by atoms with Crippen LogP contribution < -0.4 is 9.62 Å². The third kappa shape index (κ3) is 7.82. The van der Waals surface area contributed by atoms with Crippen LogP contribution in [0.4, 0.5) is 5.69 Å². The Kier molecular flexibility index (Phi) is 10.3. The van der Waals surface area contributed by atoms with E-state index in [9.17, 15) is 18.0 Å². The van der Waals surface area contributed by atoms with Gasteiger partial charge in [0.05, 0.1) is 10.6 Å². The molecule has 2 amide bonds. The lowest BCUT2D eigenvalue weighted by Gasteiger charge is -2.33. The molecule has 1 fully saturated rings. The molecule has 1 saturated carbocycles. The Morgan fingerprint density at radius 1 is 0.927 bits per heavy atom. The van der Waals surface area contributed by atoms with Crippen LogP contribution in [0.5, 0.6) is 0 Å². The molecule has 41 heavy (non-hydrogen) atoms. The van der Waals surface area contributed by atoms with Crippen molar-refractivity contribution in [2.75, 3.05) is 10.8 Å². The number of sulfonamides is 1. The minimum absolute atomic E-state index is 0.0478. The van der Waals surface area contributed by atoms with E-state index in [2.05, 4.69) is 5.32 Å². The van der Waals surface area contributed by atoms with Crippen molar-refractivity contribution in [2.24, 2.45) is 0 Å². The predicted octanol–water partition coefficient (Wildman–Crippen LogP) is 6.36. The molecule has 1 aliphatic rings. The van der Waals surface area contributed by atoms with Gasteiger partial charge in [-0.1, -0.05) is 72.8 Å². The highest BCUT2D eigenvalue weighted by Crippen LogP contribution is 2.29. The average Bonchev–Trinajstić information content (AvgIpc) is 2.95. The van der Waals surface area contributed by atoms with Gasteiger partial charge in [-0.3, -0.25) is 13.9 Å². The number of anilines is 1. The number of hydrogen-bond acceptors (Lipinski definition) is 4. The summed E-state index contributed by atoms with van der Waals surface area (Å²) in [6.07, 6.45) is 5.06. The van der Waals surface area contributed by atoms with Gasteiger partial charge in [0.1, 0.15) is 12.6 Å². The van der Waals surface area contributed by atoms with Crippen molar-refractivity contribution in [2.45, 2.75) is 69.5 Å². The van der Waals surface area contributed by atoms with Crippen LogP contribution in [-0.2, 0) is 26.2 Å². The van der Waals surface area contributed by atoms with Crippen molar-refractivity contribution in [1.82, 2.24) is 10.2 Å². The van der Waals surface area contributed by atoms with Crippen molar-refractivity contribution in [3.63, 3.8) is 0 Å². The van der Waals surface area contributed by atoms with E-state index in [1.807, 2.05) is 6.07 Å². The Hall–Kier alpha value is -3.07. The van der Waals surface area contributed by atoms with Gasteiger partial charge in [-0.2, -0.15) is 0 Å². The molecule has 1 aliphatic carbocycles. The smallest absolute Gasteiger partial charge is 0.264 e. The standard InChI is InChI=1S/C31H35Cl2N3O4S/c1-22-18-26(33)16-17-29(22)36(41(39,40)28-14-7-4-8-15-28)21-30(37)35(20-24-10-9-11-25(32)19-24)23(2)31(38)34-27-12-5-3-6-13-27/h4,7-11,14-19,23,27H,3,5-6,12-13,20-21H2,1-2H3,(H,34,38)/t23-/m0/s1. The Morgan fingerprint density at radius 2 is 1.61 bits per heavy atom. The van der Waals surface area contributed by atoms with Crippen molar-refractivity contribution in [3.05, 3.63) is 94.0 Å². The Balaban J connectivity index is 1.69. The van der Waals surface area contributed by atoms with Crippen molar-refractivity contribution in [1.29, 1.82) is 0 Å². The monoisotopic (exact) mass is 615 g/mol. The molecule has 0 heterocycles. The maximum absolute atomic E-state index is 14.1. The first-order valence-electron chi connectivity index (χ1n) is 13.7. The second-order valence-electron chi connectivity index (χ2n) is 10.4. The van der Waals surface area contributed by atoms with Crippen LogP contribution in [0.3, 0.4) is 0 Å². The van der Waals surface area contributed by atoms with Gasteiger partial charge in [-0.25, -0.2) is 8.42 Å². The van der Waals surface area contributed by atoms with Gasteiger partial charge >= 0.3 is 0 Å². The van der Waals surface area contributed by atoms with Crippen molar-refractivity contribution >= 4 is 50.7 Å². The highest BCUT2D eigenvalue weighted by Gasteiger charge is 2.33. The van der Waals surface area contributed by atoms with Crippen LogP contribution in [-0.4, -0.2) is 43.8 Å². The molecule has 218 valence electrons. The molecule has 1 N–H and O–H groups in total. The SMILES string of the molecule is Cc1cc(Cl)ccc1N(CC(=O)N(Cc1cccc(Cl)c1)[C@@H](C)C(=O)NC1CCCCC1)S(=O)(=O)c1ccccc1.